The van der Waals surface area contributed by atoms with E-state index in [1.807, 2.05) is 0 Å². The van der Waals surface area contributed by atoms with Gasteiger partial charge in [0, 0.05) is 79.1 Å². The minimum atomic E-state index is -0.243. The molecule has 0 N–H and O–H groups in total. The van der Waals surface area contributed by atoms with E-state index in [-0.39, 0.29) is 10.8 Å². The molecule has 0 atom stereocenters. The molecular weight excluding hydrogens is 1030 g/mol. The van der Waals surface area contributed by atoms with Gasteiger partial charge in [-0.05, 0) is 214 Å². The van der Waals surface area contributed by atoms with Crippen LogP contribution in [0, 0.1) is 0 Å². The third kappa shape index (κ3) is 9.17. The summed E-state index contributed by atoms with van der Waals surface area (Å²) in [5.74, 6) is 0. The number of benzene rings is 12. The molecular formula is C81H66N4. The highest BCUT2D eigenvalue weighted by Crippen LogP contribution is 2.59. The fraction of sp³-hybridized carbons (Fsp3) is 0.111. The van der Waals surface area contributed by atoms with Crippen LogP contribution < -0.4 is 19.6 Å². The van der Waals surface area contributed by atoms with Gasteiger partial charge in [0.25, 0.3) is 0 Å². The second kappa shape index (κ2) is 21.5. The van der Waals surface area contributed by atoms with Gasteiger partial charge in [-0.1, -0.05) is 191 Å². The van der Waals surface area contributed by atoms with Gasteiger partial charge in [-0.25, -0.2) is 0 Å². The molecule has 12 aromatic carbocycles. The third-order valence-corrected chi connectivity index (χ3v) is 18.4. The van der Waals surface area contributed by atoms with Gasteiger partial charge >= 0.3 is 0 Å². The summed E-state index contributed by atoms with van der Waals surface area (Å²) in [7, 11) is 0. The molecule has 0 saturated heterocycles. The topological polar surface area (TPSA) is 13.0 Å². The number of para-hydroxylation sites is 6. The van der Waals surface area contributed by atoms with Crippen molar-refractivity contribution in [3.63, 3.8) is 0 Å². The first-order chi connectivity index (χ1) is 41.9. The van der Waals surface area contributed by atoms with Crippen molar-refractivity contribution < 1.29 is 0 Å². The first kappa shape index (κ1) is 51.7. The van der Waals surface area contributed by atoms with Gasteiger partial charge in [0.1, 0.15) is 0 Å². The number of hydrogen-bond acceptors (Lipinski definition) is 4. The molecule has 1 saturated carbocycles. The van der Waals surface area contributed by atoms with Gasteiger partial charge in [-0.15, -0.1) is 0 Å². The van der Waals surface area contributed by atoms with Crippen molar-refractivity contribution in [2.45, 2.75) is 56.8 Å². The van der Waals surface area contributed by atoms with E-state index in [0.29, 0.717) is 0 Å². The fourth-order valence-corrected chi connectivity index (χ4v) is 14.3. The molecule has 3 aliphatic rings. The van der Waals surface area contributed by atoms with E-state index in [4.69, 9.17) is 0 Å². The SMILES string of the molecule is CC1(C)c2cc(N(c3ccccc3)c3ccccc3)ccc2-c2ccc(N(c3ccccc3)c3ccc(-c4ccc(N(c5ccccc5)c5ccc6c(c5)C5(CCCCC5)c5cc(N(c7ccccc7)c7ccccc7)ccc5-6)cc4)cc3)cc21. The molecule has 3 aliphatic carbocycles. The number of fused-ring (bicyclic) bond motifs is 8. The normalized spacial score (nSPS) is 14.0. The summed E-state index contributed by atoms with van der Waals surface area (Å²) < 4.78 is 0. The number of hydrogen-bond donors (Lipinski definition) is 0. The Morgan fingerprint density at radius 1 is 0.224 bits per heavy atom. The van der Waals surface area contributed by atoms with Gasteiger partial charge in [-0.2, -0.15) is 0 Å². The molecule has 1 spiro atoms. The lowest BCUT2D eigenvalue weighted by atomic mass is 9.67. The van der Waals surface area contributed by atoms with Gasteiger partial charge in [0.05, 0.1) is 0 Å². The van der Waals surface area contributed by atoms with E-state index in [1.54, 1.807) is 0 Å². The zero-order chi connectivity index (χ0) is 56.9. The molecule has 0 amide bonds. The molecule has 4 heteroatoms. The highest BCUT2D eigenvalue weighted by Gasteiger charge is 2.45. The average molecular weight is 1100 g/mol. The largest absolute Gasteiger partial charge is 0.310 e. The van der Waals surface area contributed by atoms with Crippen LogP contribution in [-0.2, 0) is 10.8 Å². The molecule has 0 aliphatic heterocycles. The van der Waals surface area contributed by atoms with Crippen molar-refractivity contribution in [2.24, 2.45) is 0 Å². The zero-order valence-electron chi connectivity index (χ0n) is 48.2. The highest BCUT2D eigenvalue weighted by molar-refractivity contribution is 5.91. The summed E-state index contributed by atoms with van der Waals surface area (Å²) in [6.07, 6.45) is 6.00. The van der Waals surface area contributed by atoms with E-state index in [9.17, 15) is 0 Å². The summed E-state index contributed by atoms with van der Waals surface area (Å²) in [6, 6.07) is 112. The van der Waals surface area contributed by atoms with Crippen LogP contribution in [0.2, 0.25) is 0 Å². The van der Waals surface area contributed by atoms with Crippen LogP contribution in [0.5, 0.6) is 0 Å². The maximum atomic E-state index is 2.54. The summed E-state index contributed by atoms with van der Waals surface area (Å²) in [5, 5.41) is 0. The van der Waals surface area contributed by atoms with Crippen LogP contribution in [0.15, 0.2) is 303 Å². The number of nitrogens with zero attached hydrogens (tertiary/aromatic N) is 4. The maximum absolute atomic E-state index is 2.54. The highest BCUT2D eigenvalue weighted by atomic mass is 15.2. The molecule has 0 aromatic heterocycles. The predicted octanol–water partition coefficient (Wildman–Crippen LogP) is 22.8. The Kier molecular flexibility index (Phi) is 13.1. The van der Waals surface area contributed by atoms with Gasteiger partial charge in [0.15, 0.2) is 0 Å². The standard InChI is InChI=1S/C81H66N4/c1-80(2)76-54-68(82(60-24-10-3-11-25-60)61-26-12-4-13-27-61)44-48-72(76)73-49-45-69(55-77(73)80)84(64-32-18-7-19-33-64)66-40-36-58(37-41-66)59-38-42-67(43-39-59)85(65-34-20-8-21-35-65)71-47-51-75-74-50-46-70(56-78(74)81(79(75)57-71)52-22-9-23-53-81)83(62-28-14-5-15-29-62)63-30-16-6-17-31-63/h3-8,10-21,24-51,54-57H,9,22-23,52-53H2,1-2H3. The minimum Gasteiger partial charge on any atom is -0.310 e. The Morgan fingerprint density at radius 3 is 0.718 bits per heavy atom. The fourth-order valence-electron chi connectivity index (χ4n) is 14.3. The summed E-state index contributed by atoms with van der Waals surface area (Å²) >= 11 is 0. The van der Waals surface area contributed by atoms with Crippen molar-refractivity contribution in [1.82, 2.24) is 0 Å². The molecule has 0 unspecified atom stereocenters. The lowest BCUT2D eigenvalue weighted by molar-refractivity contribution is 0.353. The van der Waals surface area contributed by atoms with Crippen LogP contribution in [0.4, 0.5) is 68.2 Å². The molecule has 0 bridgehead atoms. The van der Waals surface area contributed by atoms with Crippen molar-refractivity contribution in [3.8, 4) is 33.4 Å². The third-order valence-electron chi connectivity index (χ3n) is 18.4. The first-order valence-corrected chi connectivity index (χ1v) is 30.2. The van der Waals surface area contributed by atoms with E-state index >= 15 is 0 Å². The Labute approximate surface area is 500 Å². The molecule has 0 radical (unpaired) electrons. The molecule has 15 rings (SSSR count). The zero-order valence-corrected chi connectivity index (χ0v) is 48.2. The van der Waals surface area contributed by atoms with E-state index in [2.05, 4.69) is 337 Å². The minimum absolute atomic E-state index is 0.0648. The van der Waals surface area contributed by atoms with Crippen molar-refractivity contribution in [3.05, 3.63) is 326 Å². The second-order valence-corrected chi connectivity index (χ2v) is 23.6. The summed E-state index contributed by atoms with van der Waals surface area (Å²) in [6.45, 7) is 4.76. The summed E-state index contributed by atoms with van der Waals surface area (Å²) in [4.78, 5) is 9.62. The molecule has 12 aromatic rings. The van der Waals surface area contributed by atoms with Gasteiger partial charge < -0.3 is 19.6 Å². The van der Waals surface area contributed by atoms with Crippen LogP contribution in [0.1, 0.15) is 68.2 Å². The quantitative estimate of drug-likeness (QED) is 0.114. The Hall–Kier alpha value is -10.2. The molecule has 4 nitrogen and oxygen atoms in total. The van der Waals surface area contributed by atoms with Crippen molar-refractivity contribution in [2.75, 3.05) is 19.6 Å². The van der Waals surface area contributed by atoms with Crippen molar-refractivity contribution >= 4 is 68.2 Å². The van der Waals surface area contributed by atoms with Crippen LogP contribution in [0.25, 0.3) is 33.4 Å². The Balaban J connectivity index is 0.738. The van der Waals surface area contributed by atoms with Crippen LogP contribution in [-0.4, -0.2) is 0 Å². The van der Waals surface area contributed by atoms with E-state index < -0.39 is 0 Å². The van der Waals surface area contributed by atoms with E-state index in [1.165, 1.54) is 86.3 Å². The van der Waals surface area contributed by atoms with Crippen molar-refractivity contribution in [1.29, 1.82) is 0 Å². The molecule has 85 heavy (non-hydrogen) atoms. The van der Waals surface area contributed by atoms with Gasteiger partial charge in [-0.3, -0.25) is 0 Å². The van der Waals surface area contributed by atoms with E-state index in [0.717, 1.165) is 69.7 Å². The van der Waals surface area contributed by atoms with Crippen LogP contribution in [0.3, 0.4) is 0 Å². The monoisotopic (exact) mass is 1090 g/mol. The van der Waals surface area contributed by atoms with Gasteiger partial charge in [0.2, 0.25) is 0 Å². The maximum Gasteiger partial charge on any atom is 0.0465 e. The van der Waals surface area contributed by atoms with Crippen LogP contribution >= 0.6 is 0 Å². The first-order valence-electron chi connectivity index (χ1n) is 30.2. The Bertz CT molecular complexity index is 4250. The molecule has 410 valence electrons. The lowest BCUT2D eigenvalue weighted by Crippen LogP contribution is -2.28. The Morgan fingerprint density at radius 2 is 0.447 bits per heavy atom. The lowest BCUT2D eigenvalue weighted by Gasteiger charge is -2.37. The number of rotatable bonds is 13. The molecule has 0 heterocycles. The predicted molar refractivity (Wildman–Crippen MR) is 357 cm³/mol. The average Bonchev–Trinajstić information content (AvgIpc) is 1.65. The summed E-state index contributed by atoms with van der Waals surface area (Å²) in [5.41, 5.74) is 26.7. The molecule has 1 fully saturated rings. The second-order valence-electron chi connectivity index (χ2n) is 23.6. The number of anilines is 12. The smallest absolute Gasteiger partial charge is 0.0465 e.